The van der Waals surface area contributed by atoms with Gasteiger partial charge in [-0.1, -0.05) is 182 Å². The van der Waals surface area contributed by atoms with Gasteiger partial charge >= 0.3 is 0 Å². The van der Waals surface area contributed by atoms with E-state index in [1.807, 2.05) is 182 Å². The van der Waals surface area contributed by atoms with Crippen LogP contribution in [0.2, 0.25) is 0 Å². The van der Waals surface area contributed by atoms with Gasteiger partial charge in [0.1, 0.15) is 48.8 Å². The predicted molar refractivity (Wildman–Crippen MR) is 239 cm³/mol. The fourth-order valence-electron chi connectivity index (χ4n) is 8.41. The van der Waals surface area contributed by atoms with Gasteiger partial charge in [0, 0.05) is 0 Å². The van der Waals surface area contributed by atoms with Crippen molar-refractivity contribution >= 4 is 0 Å². The SMILES string of the molecule is c1ccc(COC[C@H]2O[C@H](O[C@H]3[C@H](OCc4ccccc4)[C@@H](OCc4ccccc4)[C@@H]4OC[C@H]3O4)[C@H](OCc3ccccc3)[C@@H](OCc3ccccc3)[C@@H]2OCc2ccccc2)cc1. The van der Waals surface area contributed by atoms with Crippen molar-refractivity contribution in [3.05, 3.63) is 215 Å². The minimum absolute atomic E-state index is 0.192. The molecule has 0 aliphatic carbocycles. The number of benzene rings is 6. The van der Waals surface area contributed by atoms with Crippen molar-refractivity contribution in [2.75, 3.05) is 13.2 Å². The zero-order valence-electron chi connectivity index (χ0n) is 35.8. The van der Waals surface area contributed by atoms with E-state index in [1.165, 1.54) is 0 Å². The molecule has 2 bridgehead atoms. The van der Waals surface area contributed by atoms with Crippen LogP contribution >= 0.6 is 0 Å². The maximum atomic E-state index is 7.29. The smallest absolute Gasteiger partial charge is 0.187 e. The van der Waals surface area contributed by atoms with E-state index in [1.54, 1.807) is 0 Å². The Morgan fingerprint density at radius 2 is 0.719 bits per heavy atom. The monoisotopic (exact) mass is 864 g/mol. The van der Waals surface area contributed by atoms with Crippen LogP contribution in [0, 0.1) is 0 Å². The second-order valence-corrected chi connectivity index (χ2v) is 16.3. The lowest BCUT2D eigenvalue weighted by molar-refractivity contribution is -0.359. The topological polar surface area (TPSA) is 92.3 Å². The highest BCUT2D eigenvalue weighted by Crippen LogP contribution is 2.39. The van der Waals surface area contributed by atoms with Crippen LogP contribution in [0.25, 0.3) is 0 Å². The van der Waals surface area contributed by atoms with Crippen LogP contribution in [0.15, 0.2) is 182 Å². The molecule has 10 heteroatoms. The standard InChI is InChI=1S/C54H56O10/c1-7-19-39(20-8-1)31-55-37-45-47(56-32-40-21-9-2-10-22-40)49(57-33-41-23-11-3-12-24-41)52(60-36-44-29-17-6-18-30-44)54(63-45)64-48-46-38-61-53(62-46)51(59-35-43-27-15-5-16-28-43)50(48)58-34-42-25-13-4-14-26-42/h1-30,45-54H,31-38H2/t45-,46-,47-,48-,49+,50+,51-,52-,53-,54-/m1/s1. The summed E-state index contributed by atoms with van der Waals surface area (Å²) in [5.41, 5.74) is 6.10. The third kappa shape index (κ3) is 11.8. The van der Waals surface area contributed by atoms with Gasteiger partial charge in [0.05, 0.1) is 52.9 Å². The van der Waals surface area contributed by atoms with Crippen molar-refractivity contribution in [1.29, 1.82) is 0 Å². The lowest BCUT2D eigenvalue weighted by Gasteiger charge is -2.48. The Bertz CT molecular complexity index is 2220. The molecule has 0 spiro atoms. The molecule has 0 N–H and O–H groups in total. The molecule has 9 rings (SSSR count). The van der Waals surface area contributed by atoms with Crippen LogP contribution in [0.1, 0.15) is 33.4 Å². The van der Waals surface area contributed by atoms with Crippen molar-refractivity contribution in [1.82, 2.24) is 0 Å². The van der Waals surface area contributed by atoms with Gasteiger partial charge in [0.25, 0.3) is 0 Å². The molecular weight excluding hydrogens is 809 g/mol. The van der Waals surface area contributed by atoms with Gasteiger partial charge < -0.3 is 47.4 Å². The average molecular weight is 865 g/mol. The fourth-order valence-corrected chi connectivity index (χ4v) is 8.41. The van der Waals surface area contributed by atoms with E-state index in [-0.39, 0.29) is 19.8 Å². The first-order valence-electron chi connectivity index (χ1n) is 22.2. The van der Waals surface area contributed by atoms with E-state index >= 15 is 0 Å². The molecule has 6 aromatic rings. The summed E-state index contributed by atoms with van der Waals surface area (Å²) in [6, 6.07) is 60.5. The molecule has 3 aliphatic rings. The quantitative estimate of drug-likeness (QED) is 0.0699. The first kappa shape index (κ1) is 44.1. The molecule has 6 aromatic carbocycles. The third-order valence-electron chi connectivity index (χ3n) is 11.7. The van der Waals surface area contributed by atoms with Crippen LogP contribution in [0.5, 0.6) is 0 Å². The molecular formula is C54H56O10. The molecule has 3 fully saturated rings. The Kier molecular flexibility index (Phi) is 15.7. The van der Waals surface area contributed by atoms with E-state index in [9.17, 15) is 0 Å². The fraction of sp³-hybridized carbons (Fsp3) is 0.333. The molecule has 0 radical (unpaired) electrons. The Hall–Kier alpha value is -5.08. The molecule has 0 unspecified atom stereocenters. The predicted octanol–water partition coefficient (Wildman–Crippen LogP) is 9.00. The van der Waals surface area contributed by atoms with Gasteiger partial charge in [-0.2, -0.15) is 0 Å². The van der Waals surface area contributed by atoms with Crippen LogP contribution in [0.3, 0.4) is 0 Å². The summed E-state index contributed by atoms with van der Waals surface area (Å²) in [6.45, 7) is 2.40. The molecule has 0 saturated carbocycles. The van der Waals surface area contributed by atoms with E-state index in [2.05, 4.69) is 0 Å². The number of hydrogen-bond acceptors (Lipinski definition) is 10. The van der Waals surface area contributed by atoms with Crippen molar-refractivity contribution in [3.63, 3.8) is 0 Å². The van der Waals surface area contributed by atoms with Crippen molar-refractivity contribution in [3.8, 4) is 0 Å². The van der Waals surface area contributed by atoms with Gasteiger partial charge in [-0.25, -0.2) is 0 Å². The van der Waals surface area contributed by atoms with Crippen molar-refractivity contribution in [2.24, 2.45) is 0 Å². The molecule has 0 amide bonds. The van der Waals surface area contributed by atoms with Crippen molar-refractivity contribution in [2.45, 2.75) is 101 Å². The highest BCUT2D eigenvalue weighted by molar-refractivity contribution is 5.18. The lowest BCUT2D eigenvalue weighted by atomic mass is 9.96. The average Bonchev–Trinajstić information content (AvgIpc) is 3.79. The summed E-state index contributed by atoms with van der Waals surface area (Å²) >= 11 is 0. The van der Waals surface area contributed by atoms with Gasteiger partial charge in [0.2, 0.25) is 0 Å². The lowest BCUT2D eigenvalue weighted by Crippen LogP contribution is -2.64. The zero-order valence-corrected chi connectivity index (χ0v) is 35.8. The number of hydrogen-bond donors (Lipinski definition) is 0. The Balaban J connectivity index is 1.06. The maximum Gasteiger partial charge on any atom is 0.187 e. The summed E-state index contributed by atoms with van der Waals surface area (Å²) < 4.78 is 68.1. The van der Waals surface area contributed by atoms with Crippen molar-refractivity contribution < 1.29 is 47.4 Å². The molecule has 332 valence electrons. The summed E-state index contributed by atoms with van der Waals surface area (Å²) in [6.07, 6.45) is -6.79. The highest BCUT2D eigenvalue weighted by atomic mass is 16.8. The number of rotatable bonds is 21. The molecule has 3 heterocycles. The Labute approximate surface area is 375 Å². The van der Waals surface area contributed by atoms with Crippen LogP contribution in [-0.2, 0) is 87.0 Å². The largest absolute Gasteiger partial charge is 0.374 e. The van der Waals surface area contributed by atoms with Gasteiger partial charge in [-0.05, 0) is 33.4 Å². The minimum atomic E-state index is -0.991. The summed E-state index contributed by atoms with van der Waals surface area (Å²) in [5.74, 6) is 0. The van der Waals surface area contributed by atoms with Crippen LogP contribution in [-0.4, -0.2) is 74.6 Å². The molecule has 10 nitrogen and oxygen atoms in total. The minimum Gasteiger partial charge on any atom is -0.374 e. The van der Waals surface area contributed by atoms with Gasteiger partial charge in [-0.3, -0.25) is 0 Å². The summed E-state index contributed by atoms with van der Waals surface area (Å²) in [5, 5.41) is 0. The molecule has 3 saturated heterocycles. The second-order valence-electron chi connectivity index (χ2n) is 16.3. The zero-order chi connectivity index (χ0) is 43.2. The maximum absolute atomic E-state index is 7.29. The van der Waals surface area contributed by atoms with Gasteiger partial charge in [0.15, 0.2) is 12.6 Å². The normalized spacial score (nSPS) is 26.4. The second kappa shape index (κ2) is 22.7. The molecule has 10 atom stereocenters. The highest BCUT2D eigenvalue weighted by Gasteiger charge is 2.56. The number of ether oxygens (including phenoxy) is 10. The van der Waals surface area contributed by atoms with E-state index < -0.39 is 61.4 Å². The van der Waals surface area contributed by atoms with E-state index in [4.69, 9.17) is 47.4 Å². The molecule has 64 heavy (non-hydrogen) atoms. The molecule has 3 aliphatic heterocycles. The van der Waals surface area contributed by atoms with Crippen LogP contribution in [0.4, 0.5) is 0 Å². The first-order chi connectivity index (χ1) is 31.7. The number of fused-ring (bicyclic) bond motifs is 2. The Morgan fingerprint density at radius 3 is 1.16 bits per heavy atom. The summed E-state index contributed by atoms with van der Waals surface area (Å²) in [4.78, 5) is 0. The van der Waals surface area contributed by atoms with E-state index in [0.717, 1.165) is 33.4 Å². The van der Waals surface area contributed by atoms with Gasteiger partial charge in [-0.15, -0.1) is 0 Å². The first-order valence-corrected chi connectivity index (χ1v) is 22.2. The Morgan fingerprint density at radius 1 is 0.359 bits per heavy atom. The van der Waals surface area contributed by atoms with E-state index in [0.29, 0.717) is 33.0 Å². The summed E-state index contributed by atoms with van der Waals surface area (Å²) in [7, 11) is 0. The molecule has 0 aromatic heterocycles. The van der Waals surface area contributed by atoms with Crippen LogP contribution < -0.4 is 0 Å². The third-order valence-corrected chi connectivity index (χ3v) is 11.7.